The smallest absolute Gasteiger partial charge is 0.306 e. The number of benzene rings is 1. The predicted molar refractivity (Wildman–Crippen MR) is 122 cm³/mol. The van der Waals surface area contributed by atoms with Crippen molar-refractivity contribution in [2.75, 3.05) is 24.6 Å². The second-order valence-electron chi connectivity index (χ2n) is 7.62. The maximum absolute atomic E-state index is 11.8. The van der Waals surface area contributed by atoms with Gasteiger partial charge in [0, 0.05) is 54.1 Å². The molecule has 0 radical (unpaired) electrons. The number of hydrogen-bond acceptors (Lipinski definition) is 6. The third kappa shape index (κ3) is 5.39. The minimum atomic E-state index is -0.105. The van der Waals surface area contributed by atoms with Crippen molar-refractivity contribution in [2.45, 2.75) is 26.2 Å². The molecule has 0 spiro atoms. The molecule has 6 nitrogen and oxygen atoms in total. The van der Waals surface area contributed by atoms with E-state index in [1.807, 2.05) is 49.4 Å². The Hall–Kier alpha value is -2.99. The quantitative estimate of drug-likeness (QED) is 0.505. The first-order valence-corrected chi connectivity index (χ1v) is 11.0. The van der Waals surface area contributed by atoms with Crippen LogP contribution in [-0.2, 0) is 9.53 Å². The molecule has 2 aromatic heterocycles. The largest absolute Gasteiger partial charge is 0.466 e. The van der Waals surface area contributed by atoms with Crippen molar-refractivity contribution in [1.82, 2.24) is 15.0 Å². The SMILES string of the molecule is CCOC(=O)CC1CCN(c2cc(-c3ccc(Cl)cc3)nc(-c3cccnc3)n2)CC1. The van der Waals surface area contributed by atoms with E-state index in [1.54, 1.807) is 12.4 Å². The fourth-order valence-electron chi connectivity index (χ4n) is 3.81. The standard InChI is InChI=1S/C24H25ClN4O2/c1-2-31-23(30)14-17-9-12-29(13-10-17)22-15-21(18-5-7-20(25)8-6-18)27-24(28-22)19-4-3-11-26-16-19/h3-8,11,15-17H,2,9-10,12-14H2,1H3. The van der Waals surface area contributed by atoms with Crippen LogP contribution in [0.5, 0.6) is 0 Å². The van der Waals surface area contributed by atoms with Crippen molar-refractivity contribution in [1.29, 1.82) is 0 Å². The van der Waals surface area contributed by atoms with Gasteiger partial charge in [-0.25, -0.2) is 9.97 Å². The van der Waals surface area contributed by atoms with E-state index in [9.17, 15) is 4.79 Å². The number of carbonyl (C=O) groups is 1. The van der Waals surface area contributed by atoms with Crippen LogP contribution >= 0.6 is 11.6 Å². The number of halogens is 1. The first-order valence-electron chi connectivity index (χ1n) is 10.6. The summed E-state index contributed by atoms with van der Waals surface area (Å²) in [6, 6.07) is 13.5. The van der Waals surface area contributed by atoms with Crippen molar-refractivity contribution in [3.8, 4) is 22.6 Å². The maximum Gasteiger partial charge on any atom is 0.306 e. The number of nitrogens with zero attached hydrogens (tertiary/aromatic N) is 4. The lowest BCUT2D eigenvalue weighted by Gasteiger charge is -2.32. The highest BCUT2D eigenvalue weighted by atomic mass is 35.5. The molecule has 1 aromatic carbocycles. The number of ether oxygens (including phenoxy) is 1. The van der Waals surface area contributed by atoms with Crippen LogP contribution < -0.4 is 4.90 Å². The van der Waals surface area contributed by atoms with Gasteiger partial charge in [-0.2, -0.15) is 0 Å². The van der Waals surface area contributed by atoms with Gasteiger partial charge in [0.25, 0.3) is 0 Å². The van der Waals surface area contributed by atoms with Crippen LogP contribution in [0, 0.1) is 5.92 Å². The summed E-state index contributed by atoms with van der Waals surface area (Å²) in [6.07, 6.45) is 5.86. The van der Waals surface area contributed by atoms with E-state index in [2.05, 4.69) is 9.88 Å². The van der Waals surface area contributed by atoms with Crippen LogP contribution in [0.4, 0.5) is 5.82 Å². The number of rotatable bonds is 6. The molecule has 7 heteroatoms. The molecule has 31 heavy (non-hydrogen) atoms. The first-order chi connectivity index (χ1) is 15.1. The zero-order valence-electron chi connectivity index (χ0n) is 17.5. The van der Waals surface area contributed by atoms with Crippen molar-refractivity contribution < 1.29 is 9.53 Å². The zero-order chi connectivity index (χ0) is 21.6. The molecular formula is C24H25ClN4O2. The molecule has 0 atom stereocenters. The third-order valence-electron chi connectivity index (χ3n) is 5.47. The lowest BCUT2D eigenvalue weighted by Crippen LogP contribution is -2.35. The number of piperidine rings is 1. The summed E-state index contributed by atoms with van der Waals surface area (Å²) in [7, 11) is 0. The summed E-state index contributed by atoms with van der Waals surface area (Å²) in [5.41, 5.74) is 2.70. The van der Waals surface area contributed by atoms with Crippen LogP contribution in [0.2, 0.25) is 5.02 Å². The highest BCUT2D eigenvalue weighted by molar-refractivity contribution is 6.30. The van der Waals surface area contributed by atoms with E-state index >= 15 is 0 Å². The normalized spacial score (nSPS) is 14.5. The molecular weight excluding hydrogens is 412 g/mol. The van der Waals surface area contributed by atoms with Crippen LogP contribution in [0.15, 0.2) is 54.9 Å². The maximum atomic E-state index is 11.8. The molecule has 0 saturated carbocycles. The minimum absolute atomic E-state index is 0.105. The van der Waals surface area contributed by atoms with E-state index in [-0.39, 0.29) is 5.97 Å². The summed E-state index contributed by atoms with van der Waals surface area (Å²) in [5.74, 6) is 1.77. The Balaban J connectivity index is 1.59. The second kappa shape index (κ2) is 9.88. The van der Waals surface area contributed by atoms with Gasteiger partial charge in [0.2, 0.25) is 0 Å². The number of pyridine rings is 1. The van der Waals surface area contributed by atoms with E-state index < -0.39 is 0 Å². The fourth-order valence-corrected chi connectivity index (χ4v) is 3.94. The summed E-state index contributed by atoms with van der Waals surface area (Å²) < 4.78 is 5.11. The highest BCUT2D eigenvalue weighted by Gasteiger charge is 2.24. The van der Waals surface area contributed by atoms with Crippen molar-refractivity contribution in [2.24, 2.45) is 5.92 Å². The molecule has 1 fully saturated rings. The van der Waals surface area contributed by atoms with Crippen LogP contribution in [0.1, 0.15) is 26.2 Å². The Morgan fingerprint density at radius 2 is 1.90 bits per heavy atom. The zero-order valence-corrected chi connectivity index (χ0v) is 18.3. The number of hydrogen-bond donors (Lipinski definition) is 0. The fraction of sp³-hybridized carbons (Fsp3) is 0.333. The molecule has 0 aliphatic carbocycles. The predicted octanol–water partition coefficient (Wildman–Crippen LogP) is 5.03. The molecule has 3 aromatic rings. The molecule has 1 aliphatic rings. The van der Waals surface area contributed by atoms with Gasteiger partial charge in [0.05, 0.1) is 12.3 Å². The van der Waals surface area contributed by atoms with Gasteiger partial charge in [-0.1, -0.05) is 23.7 Å². The summed E-state index contributed by atoms with van der Waals surface area (Å²) in [6.45, 7) is 3.96. The third-order valence-corrected chi connectivity index (χ3v) is 5.72. The highest BCUT2D eigenvalue weighted by Crippen LogP contribution is 2.30. The van der Waals surface area contributed by atoms with Crippen molar-refractivity contribution in [3.05, 3.63) is 59.9 Å². The number of anilines is 1. The minimum Gasteiger partial charge on any atom is -0.466 e. The van der Waals surface area contributed by atoms with Gasteiger partial charge in [0.15, 0.2) is 5.82 Å². The summed E-state index contributed by atoms with van der Waals surface area (Å²) >= 11 is 6.07. The van der Waals surface area contributed by atoms with E-state index in [4.69, 9.17) is 26.3 Å². The molecule has 3 heterocycles. The molecule has 1 aliphatic heterocycles. The van der Waals surface area contributed by atoms with Gasteiger partial charge in [-0.3, -0.25) is 9.78 Å². The monoisotopic (exact) mass is 436 g/mol. The Bertz CT molecular complexity index is 1020. The van der Waals surface area contributed by atoms with Gasteiger partial charge in [-0.15, -0.1) is 0 Å². The van der Waals surface area contributed by atoms with Crippen molar-refractivity contribution in [3.63, 3.8) is 0 Å². The topological polar surface area (TPSA) is 68.2 Å². The Morgan fingerprint density at radius 3 is 2.58 bits per heavy atom. The molecule has 0 unspecified atom stereocenters. The van der Waals surface area contributed by atoms with Crippen LogP contribution in [0.3, 0.4) is 0 Å². The van der Waals surface area contributed by atoms with E-state index in [0.29, 0.717) is 29.8 Å². The summed E-state index contributed by atoms with van der Waals surface area (Å²) in [5, 5.41) is 0.689. The first kappa shape index (κ1) is 21.2. The Morgan fingerprint density at radius 1 is 1.13 bits per heavy atom. The van der Waals surface area contributed by atoms with Gasteiger partial charge >= 0.3 is 5.97 Å². The molecule has 4 rings (SSSR count). The van der Waals surface area contributed by atoms with Crippen molar-refractivity contribution >= 4 is 23.4 Å². The molecule has 1 saturated heterocycles. The average Bonchev–Trinajstić information content (AvgIpc) is 2.80. The lowest BCUT2D eigenvalue weighted by molar-refractivity contribution is -0.144. The van der Waals surface area contributed by atoms with E-state index in [0.717, 1.165) is 48.6 Å². The van der Waals surface area contributed by atoms with E-state index in [1.165, 1.54) is 0 Å². The Labute approximate surface area is 187 Å². The van der Waals surface area contributed by atoms with Crippen LogP contribution in [0.25, 0.3) is 22.6 Å². The number of carbonyl (C=O) groups excluding carboxylic acids is 1. The van der Waals surface area contributed by atoms with Gasteiger partial charge in [0.1, 0.15) is 5.82 Å². The molecule has 0 amide bonds. The Kier molecular flexibility index (Phi) is 6.77. The van der Waals surface area contributed by atoms with Gasteiger partial charge < -0.3 is 9.64 Å². The van der Waals surface area contributed by atoms with Gasteiger partial charge in [-0.05, 0) is 49.9 Å². The summed E-state index contributed by atoms with van der Waals surface area (Å²) in [4.78, 5) is 27.9. The van der Waals surface area contributed by atoms with Crippen LogP contribution in [-0.4, -0.2) is 40.6 Å². The lowest BCUT2D eigenvalue weighted by atomic mass is 9.93. The molecule has 0 N–H and O–H groups in total. The molecule has 0 bridgehead atoms. The number of aromatic nitrogens is 3. The molecule has 160 valence electrons. The second-order valence-corrected chi connectivity index (χ2v) is 8.06. The number of esters is 1. The average molecular weight is 437 g/mol.